The Bertz CT molecular complexity index is 851. The van der Waals surface area contributed by atoms with E-state index in [1.54, 1.807) is 0 Å². The van der Waals surface area contributed by atoms with Crippen LogP contribution in [0.25, 0.3) is 0 Å². The van der Waals surface area contributed by atoms with Crippen LogP contribution in [0.5, 0.6) is 0 Å². The monoisotopic (exact) mass is 414 g/mol. The van der Waals surface area contributed by atoms with Crippen molar-refractivity contribution in [3.63, 3.8) is 0 Å². The maximum absolute atomic E-state index is 13.4. The van der Waals surface area contributed by atoms with E-state index < -0.39 is 35.5 Å². The lowest BCUT2D eigenvalue weighted by molar-refractivity contribution is -0.0659. The number of aromatic nitrogens is 2. The molecule has 0 bridgehead atoms. The topological polar surface area (TPSA) is 93.6 Å². The van der Waals surface area contributed by atoms with E-state index in [1.807, 2.05) is 29.2 Å². The highest BCUT2D eigenvalue weighted by Gasteiger charge is 2.37. The summed E-state index contributed by atoms with van der Waals surface area (Å²) in [4.78, 5) is 24.9. The molecule has 25 heavy (non-hydrogen) atoms. The van der Waals surface area contributed by atoms with Crippen LogP contribution in [0, 0.1) is 5.82 Å². The van der Waals surface area contributed by atoms with Crippen molar-refractivity contribution in [3.8, 4) is 0 Å². The summed E-state index contributed by atoms with van der Waals surface area (Å²) in [5.41, 5.74) is -0.918. The molecule has 1 fully saturated rings. The van der Waals surface area contributed by atoms with E-state index in [1.165, 1.54) is 0 Å². The van der Waals surface area contributed by atoms with E-state index in [-0.39, 0.29) is 13.0 Å². The van der Waals surface area contributed by atoms with Gasteiger partial charge in [0.15, 0.2) is 0 Å². The average Bonchev–Trinajstić information content (AvgIpc) is 3.00. The number of aromatic amines is 1. The molecule has 2 heterocycles. The Morgan fingerprint density at radius 2 is 2.08 bits per heavy atom. The van der Waals surface area contributed by atoms with Gasteiger partial charge in [-0.2, -0.15) is 4.39 Å². The molecule has 0 unspecified atom stereocenters. The fraction of sp³-hybridized carbons (Fsp3) is 0.375. The Kier molecular flexibility index (Phi) is 5.48. The zero-order valence-corrected chi connectivity index (χ0v) is 14.6. The quantitative estimate of drug-likeness (QED) is 0.768. The molecule has 2 N–H and O–H groups in total. The Balaban J connectivity index is 1.72. The number of aliphatic hydroxyl groups excluding tert-OH is 1. The highest BCUT2D eigenvalue weighted by molar-refractivity contribution is 9.10. The third-order valence-corrected chi connectivity index (χ3v) is 4.50. The Morgan fingerprint density at radius 1 is 1.36 bits per heavy atom. The van der Waals surface area contributed by atoms with Crippen LogP contribution in [-0.4, -0.2) is 33.5 Å². The van der Waals surface area contributed by atoms with Gasteiger partial charge in [-0.1, -0.05) is 28.1 Å². The van der Waals surface area contributed by atoms with Gasteiger partial charge in [0.1, 0.15) is 12.3 Å². The first kappa shape index (κ1) is 18.0. The fourth-order valence-corrected chi connectivity index (χ4v) is 2.93. The predicted octanol–water partition coefficient (Wildman–Crippen LogP) is 1.30. The summed E-state index contributed by atoms with van der Waals surface area (Å²) in [5, 5.41) is 9.47. The summed E-state index contributed by atoms with van der Waals surface area (Å²) in [7, 11) is 0. The van der Waals surface area contributed by atoms with Crippen LogP contribution in [-0.2, 0) is 16.1 Å². The second-order valence-electron chi connectivity index (χ2n) is 5.67. The first-order valence-electron chi connectivity index (χ1n) is 7.61. The van der Waals surface area contributed by atoms with E-state index >= 15 is 0 Å². The van der Waals surface area contributed by atoms with Crippen LogP contribution < -0.4 is 11.2 Å². The summed E-state index contributed by atoms with van der Waals surface area (Å²) in [6.07, 6.45) is -0.904. The van der Waals surface area contributed by atoms with E-state index in [2.05, 4.69) is 15.9 Å². The Labute approximate surface area is 150 Å². The van der Waals surface area contributed by atoms with Gasteiger partial charge in [0.05, 0.1) is 25.5 Å². The van der Waals surface area contributed by atoms with E-state index in [0.717, 1.165) is 20.8 Å². The van der Waals surface area contributed by atoms with Crippen molar-refractivity contribution in [2.45, 2.75) is 31.5 Å². The van der Waals surface area contributed by atoms with Crippen LogP contribution in [0.3, 0.4) is 0 Å². The third-order valence-electron chi connectivity index (χ3n) is 3.97. The highest BCUT2D eigenvalue weighted by Crippen LogP contribution is 2.30. The van der Waals surface area contributed by atoms with E-state index in [0.29, 0.717) is 6.61 Å². The molecule has 0 spiro atoms. The number of hydrogen-bond acceptors (Lipinski definition) is 5. The number of ether oxygens (including phenoxy) is 2. The summed E-state index contributed by atoms with van der Waals surface area (Å²) in [6.45, 7) is 0.00149. The Hall–Kier alpha value is -1.81. The first-order valence-corrected chi connectivity index (χ1v) is 8.40. The molecule has 1 saturated heterocycles. The molecular weight excluding hydrogens is 399 g/mol. The van der Waals surface area contributed by atoms with Crippen molar-refractivity contribution >= 4 is 15.9 Å². The standard InChI is InChI=1S/C16H16BrFN2O5/c17-10-3-1-9(2-4-10)8-24-12-5-14(25-13(12)7-21)20-6-11(18)15(22)19-16(20)23/h1-4,6,12-14,21H,5,7-8H2,(H,19,22,23)/t12-,13+,14+/m0/s1. The van der Waals surface area contributed by atoms with Gasteiger partial charge in [-0.05, 0) is 17.7 Å². The van der Waals surface area contributed by atoms with Crippen molar-refractivity contribution < 1.29 is 19.0 Å². The van der Waals surface area contributed by atoms with Crippen LogP contribution in [0.15, 0.2) is 44.5 Å². The fourth-order valence-electron chi connectivity index (χ4n) is 2.67. The molecule has 1 aliphatic heterocycles. The first-order chi connectivity index (χ1) is 12.0. The maximum atomic E-state index is 13.4. The average molecular weight is 415 g/mol. The molecule has 0 radical (unpaired) electrons. The number of nitrogens with zero attached hydrogens (tertiary/aromatic N) is 1. The van der Waals surface area contributed by atoms with Gasteiger partial charge in [-0.3, -0.25) is 14.3 Å². The lowest BCUT2D eigenvalue weighted by atomic mass is 10.1. The molecule has 1 aliphatic rings. The molecular formula is C16H16BrFN2O5. The van der Waals surface area contributed by atoms with Crippen molar-refractivity contribution in [3.05, 3.63) is 67.2 Å². The van der Waals surface area contributed by atoms with Gasteiger partial charge >= 0.3 is 5.69 Å². The van der Waals surface area contributed by atoms with Crippen LogP contribution in [0.1, 0.15) is 18.2 Å². The molecule has 134 valence electrons. The van der Waals surface area contributed by atoms with Crippen molar-refractivity contribution in [1.29, 1.82) is 0 Å². The van der Waals surface area contributed by atoms with Gasteiger partial charge in [0.25, 0.3) is 5.56 Å². The van der Waals surface area contributed by atoms with Crippen LogP contribution >= 0.6 is 15.9 Å². The van der Waals surface area contributed by atoms with Crippen molar-refractivity contribution in [2.75, 3.05) is 6.61 Å². The van der Waals surface area contributed by atoms with Gasteiger partial charge in [0.2, 0.25) is 5.82 Å². The van der Waals surface area contributed by atoms with E-state index in [4.69, 9.17) is 9.47 Å². The number of aliphatic hydroxyl groups is 1. The predicted molar refractivity (Wildman–Crippen MR) is 89.6 cm³/mol. The molecule has 0 saturated carbocycles. The van der Waals surface area contributed by atoms with Gasteiger partial charge in [-0.15, -0.1) is 0 Å². The second kappa shape index (κ2) is 7.61. The molecule has 9 heteroatoms. The molecule has 0 aliphatic carbocycles. The number of H-pyrrole nitrogens is 1. The smallest absolute Gasteiger partial charge is 0.330 e. The number of halogens is 2. The Morgan fingerprint density at radius 3 is 2.76 bits per heavy atom. The molecule has 1 aromatic heterocycles. The van der Waals surface area contributed by atoms with Crippen LogP contribution in [0.2, 0.25) is 0 Å². The minimum absolute atomic E-state index is 0.243. The van der Waals surface area contributed by atoms with E-state index in [9.17, 15) is 19.1 Å². The van der Waals surface area contributed by atoms with Gasteiger partial charge in [-0.25, -0.2) is 4.79 Å². The zero-order valence-electron chi connectivity index (χ0n) is 13.0. The van der Waals surface area contributed by atoms with Gasteiger partial charge in [0, 0.05) is 10.9 Å². The lowest BCUT2D eigenvalue weighted by Crippen LogP contribution is -2.34. The zero-order chi connectivity index (χ0) is 18.0. The molecule has 3 rings (SSSR count). The SMILES string of the molecule is O=c1[nH]c(=O)n([C@H]2C[C@H](OCc3ccc(Br)cc3)[C@@H](CO)O2)cc1F. The number of nitrogens with one attached hydrogen (secondary N) is 1. The molecule has 0 amide bonds. The summed E-state index contributed by atoms with van der Waals surface area (Å²) in [6, 6.07) is 7.57. The summed E-state index contributed by atoms with van der Waals surface area (Å²) in [5.74, 6) is -1.08. The maximum Gasteiger partial charge on any atom is 0.330 e. The molecule has 3 atom stereocenters. The lowest BCUT2D eigenvalue weighted by Gasteiger charge is -2.16. The largest absolute Gasteiger partial charge is 0.394 e. The number of benzene rings is 1. The molecule has 7 nitrogen and oxygen atoms in total. The molecule has 2 aromatic rings. The van der Waals surface area contributed by atoms with Gasteiger partial charge < -0.3 is 14.6 Å². The minimum Gasteiger partial charge on any atom is -0.394 e. The highest BCUT2D eigenvalue weighted by atomic mass is 79.9. The third kappa shape index (κ3) is 4.06. The van der Waals surface area contributed by atoms with Crippen molar-refractivity contribution in [1.82, 2.24) is 9.55 Å². The van der Waals surface area contributed by atoms with Crippen LogP contribution in [0.4, 0.5) is 4.39 Å². The summed E-state index contributed by atoms with van der Waals surface area (Å²) < 4.78 is 26.7. The minimum atomic E-state index is -1.08. The number of rotatable bonds is 5. The van der Waals surface area contributed by atoms with Crippen molar-refractivity contribution in [2.24, 2.45) is 0 Å². The molecule has 1 aromatic carbocycles. The second-order valence-corrected chi connectivity index (χ2v) is 6.58. The number of hydrogen-bond donors (Lipinski definition) is 2. The normalized spacial score (nSPS) is 23.1. The summed E-state index contributed by atoms with van der Waals surface area (Å²) >= 11 is 3.35.